The molecule has 0 spiro atoms. The molecule has 4 aliphatic rings. The number of nitrogens with zero attached hydrogens (tertiary/aromatic N) is 8. The molecule has 6 amide bonds. The molecule has 1 unspecified atom stereocenters. The van der Waals surface area contributed by atoms with Gasteiger partial charge in [-0.3, -0.25) is 38.8 Å². The van der Waals surface area contributed by atoms with Crippen LogP contribution in [-0.4, -0.2) is 111 Å². The lowest BCUT2D eigenvalue weighted by Crippen LogP contribution is -2.55. The van der Waals surface area contributed by atoms with Crippen molar-refractivity contribution in [1.82, 2.24) is 45.8 Å². The molecule has 0 bridgehead atoms. The summed E-state index contributed by atoms with van der Waals surface area (Å²) in [6, 6.07) is 9.26. The van der Waals surface area contributed by atoms with Gasteiger partial charge in [-0.15, -0.1) is 5.10 Å². The quantitative estimate of drug-likeness (QED) is 0.0853. The third kappa shape index (κ3) is 8.49. The number of amides is 6. The van der Waals surface area contributed by atoms with Gasteiger partial charge in [0.15, 0.2) is 5.82 Å². The van der Waals surface area contributed by atoms with E-state index < -0.39 is 11.9 Å². The predicted molar refractivity (Wildman–Crippen MR) is 226 cm³/mol. The molecule has 3 aliphatic heterocycles. The van der Waals surface area contributed by atoms with Crippen molar-refractivity contribution >= 4 is 64.3 Å². The molecule has 1 saturated carbocycles. The van der Waals surface area contributed by atoms with Gasteiger partial charge in [0.25, 0.3) is 11.8 Å². The van der Waals surface area contributed by atoms with Crippen LogP contribution >= 0.6 is 0 Å². The van der Waals surface area contributed by atoms with Crippen molar-refractivity contribution in [3.05, 3.63) is 71.2 Å². The summed E-state index contributed by atoms with van der Waals surface area (Å²) in [6.45, 7) is 3.07. The number of fused-ring (bicyclic) bond motifs is 2. The van der Waals surface area contributed by atoms with Crippen LogP contribution in [0.4, 0.5) is 28.8 Å². The van der Waals surface area contributed by atoms with E-state index in [1.54, 1.807) is 65.4 Å². The highest BCUT2D eigenvalue weighted by molar-refractivity contribution is 6.07. The van der Waals surface area contributed by atoms with E-state index in [4.69, 9.17) is 9.72 Å². The average molecular weight is 848 g/mol. The second-order valence-corrected chi connectivity index (χ2v) is 15.7. The zero-order valence-corrected chi connectivity index (χ0v) is 34.8. The number of hydrogen-bond acceptors (Lipinski definition) is 14. The summed E-state index contributed by atoms with van der Waals surface area (Å²) >= 11 is 0. The highest BCUT2D eigenvalue weighted by Crippen LogP contribution is 2.40. The molecule has 4 aromatic rings. The van der Waals surface area contributed by atoms with E-state index in [2.05, 4.69) is 46.8 Å². The minimum Gasteiger partial charge on any atom is -0.495 e. The van der Waals surface area contributed by atoms with E-state index in [1.807, 2.05) is 6.92 Å². The number of piperidine rings is 1. The SMILES string of the molecule is CC[C@@H]1C(=O)N(C)c2cnc(Nc3ccc(C(=O)NCc4cn(CCNCC(=O)Nc5cccc6c5CN(C5CCC(=O)NC5=O)C6=O)nn4)cc3OC)nc2N1C1CCCC1. The van der Waals surface area contributed by atoms with Crippen molar-refractivity contribution in [2.24, 2.45) is 0 Å². The van der Waals surface area contributed by atoms with Crippen LogP contribution in [0.2, 0.25) is 0 Å². The second-order valence-electron chi connectivity index (χ2n) is 15.7. The van der Waals surface area contributed by atoms with Crippen LogP contribution in [0, 0.1) is 0 Å². The molecule has 2 aromatic carbocycles. The molecule has 8 rings (SSSR count). The Labute approximate surface area is 357 Å². The number of aromatic nitrogens is 5. The molecule has 1 saturated heterocycles. The van der Waals surface area contributed by atoms with Gasteiger partial charge in [0.1, 0.15) is 29.2 Å². The van der Waals surface area contributed by atoms with Gasteiger partial charge in [-0.25, -0.2) is 4.98 Å². The largest absolute Gasteiger partial charge is 0.495 e. The Morgan fingerprint density at radius 3 is 2.63 bits per heavy atom. The molecule has 2 fully saturated rings. The zero-order chi connectivity index (χ0) is 43.5. The van der Waals surface area contributed by atoms with E-state index in [0.29, 0.717) is 70.7 Å². The van der Waals surface area contributed by atoms with E-state index in [-0.39, 0.29) is 74.1 Å². The maximum absolute atomic E-state index is 13.3. The van der Waals surface area contributed by atoms with Crippen LogP contribution in [-0.2, 0) is 38.8 Å². The number of carbonyl (C=O) groups excluding carboxylic acids is 6. The van der Waals surface area contributed by atoms with Crippen molar-refractivity contribution in [2.75, 3.05) is 47.7 Å². The monoisotopic (exact) mass is 847 g/mol. The Kier molecular flexibility index (Phi) is 12.1. The van der Waals surface area contributed by atoms with Gasteiger partial charge in [0.2, 0.25) is 29.6 Å². The summed E-state index contributed by atoms with van der Waals surface area (Å²) in [5, 5.41) is 22.6. The van der Waals surface area contributed by atoms with Crippen LogP contribution in [0.5, 0.6) is 5.75 Å². The maximum Gasteiger partial charge on any atom is 0.255 e. The fourth-order valence-electron chi connectivity index (χ4n) is 8.59. The van der Waals surface area contributed by atoms with Crippen molar-refractivity contribution in [3.8, 4) is 5.75 Å². The first-order valence-corrected chi connectivity index (χ1v) is 20.8. The van der Waals surface area contributed by atoms with Gasteiger partial charge in [-0.05, 0) is 56.0 Å². The zero-order valence-electron chi connectivity index (χ0n) is 34.8. The van der Waals surface area contributed by atoms with Crippen LogP contribution < -0.4 is 41.1 Å². The molecule has 5 heterocycles. The molecule has 20 heteroatoms. The Hall–Kier alpha value is -6.96. The van der Waals surface area contributed by atoms with E-state index in [0.717, 1.165) is 31.5 Å². The summed E-state index contributed by atoms with van der Waals surface area (Å²) in [6.07, 6.45) is 8.72. The van der Waals surface area contributed by atoms with Gasteiger partial charge in [0.05, 0.1) is 44.8 Å². The van der Waals surface area contributed by atoms with Gasteiger partial charge in [-0.1, -0.05) is 31.0 Å². The average Bonchev–Trinajstić information content (AvgIpc) is 4.05. The Morgan fingerprint density at radius 2 is 1.85 bits per heavy atom. The van der Waals surface area contributed by atoms with Crippen LogP contribution in [0.15, 0.2) is 48.8 Å². The highest BCUT2D eigenvalue weighted by Gasteiger charge is 2.42. The highest BCUT2D eigenvalue weighted by atomic mass is 16.5. The lowest BCUT2D eigenvalue weighted by Gasteiger charge is -2.43. The molecule has 1 aliphatic carbocycles. The van der Waals surface area contributed by atoms with Gasteiger partial charge < -0.3 is 40.7 Å². The third-order valence-corrected chi connectivity index (χ3v) is 11.8. The van der Waals surface area contributed by atoms with E-state index in [9.17, 15) is 28.8 Å². The fraction of sp³-hybridized carbons (Fsp3) is 0.429. The van der Waals surface area contributed by atoms with Crippen molar-refractivity contribution in [2.45, 2.75) is 89.6 Å². The third-order valence-electron chi connectivity index (χ3n) is 11.8. The number of nitrogens with one attached hydrogen (secondary N) is 5. The second kappa shape index (κ2) is 17.9. The summed E-state index contributed by atoms with van der Waals surface area (Å²) in [4.78, 5) is 91.1. The molecular formula is C42H49N13O7. The maximum atomic E-state index is 13.3. The number of benzene rings is 2. The van der Waals surface area contributed by atoms with Crippen LogP contribution in [0.25, 0.3) is 0 Å². The van der Waals surface area contributed by atoms with Crippen molar-refractivity contribution in [1.29, 1.82) is 0 Å². The fourth-order valence-corrected chi connectivity index (χ4v) is 8.59. The minimum absolute atomic E-state index is 0.0115. The lowest BCUT2D eigenvalue weighted by molar-refractivity contribution is -0.137. The normalized spacial score (nSPS) is 18.7. The van der Waals surface area contributed by atoms with Gasteiger partial charge in [-0.2, -0.15) is 4.98 Å². The summed E-state index contributed by atoms with van der Waals surface area (Å²) < 4.78 is 7.25. The van der Waals surface area contributed by atoms with E-state index in [1.165, 1.54) is 12.0 Å². The minimum atomic E-state index is -0.749. The number of methoxy groups -OCH3 is 1. The topological polar surface area (TPSA) is 238 Å². The lowest BCUT2D eigenvalue weighted by atomic mass is 10.0. The predicted octanol–water partition coefficient (Wildman–Crippen LogP) is 2.24. The number of carbonyl (C=O) groups is 6. The van der Waals surface area contributed by atoms with Crippen molar-refractivity contribution < 1.29 is 33.5 Å². The number of imide groups is 1. The van der Waals surface area contributed by atoms with Crippen molar-refractivity contribution in [3.63, 3.8) is 0 Å². The standard InChI is InChI=1S/C42H49N13O7/c1-4-31-41(61)52(2)33-20-45-42(49-37(33)55(31)26-8-5-6-9-26)47-30-13-12-24(18-34(30)62-3)38(58)44-19-25-22-53(51-50-25)17-16-43-21-36(57)46-29-11-7-10-27-28(29)23-54(40(27)60)32-14-15-35(56)48-39(32)59/h7,10-13,18,20,22,26,31-32,43H,4-6,8-9,14-17,19,21,23H2,1-3H3,(H,44,58)(H,46,57)(H,45,47,49)(H,48,56,59)/t31-,32?/m1/s1. The Balaban J connectivity index is 0.808. The number of anilines is 5. The Bertz CT molecular complexity index is 2410. The first-order valence-electron chi connectivity index (χ1n) is 20.8. The molecule has 2 aromatic heterocycles. The van der Waals surface area contributed by atoms with Crippen LogP contribution in [0.3, 0.4) is 0 Å². The summed E-state index contributed by atoms with van der Waals surface area (Å²) in [5.74, 6) is -0.305. The number of ether oxygens (including phenoxy) is 1. The number of hydrogen-bond donors (Lipinski definition) is 5. The first kappa shape index (κ1) is 41.8. The molecule has 62 heavy (non-hydrogen) atoms. The number of rotatable bonds is 15. The van der Waals surface area contributed by atoms with Crippen LogP contribution in [0.1, 0.15) is 83.8 Å². The smallest absolute Gasteiger partial charge is 0.255 e. The molecule has 20 nitrogen and oxygen atoms in total. The van der Waals surface area contributed by atoms with Gasteiger partial charge in [0, 0.05) is 55.0 Å². The molecular weight excluding hydrogens is 799 g/mol. The van der Waals surface area contributed by atoms with Gasteiger partial charge >= 0.3 is 0 Å². The molecule has 0 radical (unpaired) electrons. The molecule has 324 valence electrons. The Morgan fingerprint density at radius 1 is 1.03 bits per heavy atom. The van der Waals surface area contributed by atoms with E-state index >= 15 is 0 Å². The number of likely N-dealkylation sites (N-methyl/N-ethyl adjacent to an activating group) is 1. The first-order chi connectivity index (χ1) is 30.0. The summed E-state index contributed by atoms with van der Waals surface area (Å²) in [5.41, 5.74) is 3.65. The molecule has 2 atom stereocenters. The summed E-state index contributed by atoms with van der Waals surface area (Å²) in [7, 11) is 3.28. The molecule has 5 N–H and O–H groups in total.